The van der Waals surface area contributed by atoms with E-state index in [1.165, 1.54) is 0 Å². The van der Waals surface area contributed by atoms with Crippen LogP contribution in [0.3, 0.4) is 0 Å². The summed E-state index contributed by atoms with van der Waals surface area (Å²) in [6.07, 6.45) is -0.592. The van der Waals surface area contributed by atoms with E-state index in [1.807, 2.05) is 44.2 Å². The van der Waals surface area contributed by atoms with Gasteiger partial charge in [0.2, 0.25) is 0 Å². The smallest absolute Gasteiger partial charge is 0.265 e. The number of amides is 1. The zero-order valence-electron chi connectivity index (χ0n) is 12.3. The highest BCUT2D eigenvalue weighted by molar-refractivity contribution is 6.31. The van der Waals surface area contributed by atoms with Crippen molar-refractivity contribution in [2.75, 3.05) is 5.32 Å². The summed E-state index contributed by atoms with van der Waals surface area (Å²) in [6.45, 7) is 5.63. The van der Waals surface area contributed by atoms with Gasteiger partial charge in [-0.3, -0.25) is 4.79 Å². The molecule has 0 spiro atoms. The lowest BCUT2D eigenvalue weighted by Crippen LogP contribution is -2.30. The molecule has 2 aromatic rings. The van der Waals surface area contributed by atoms with Crippen LogP contribution in [0.4, 0.5) is 5.69 Å². The minimum Gasteiger partial charge on any atom is -0.481 e. The number of carbonyl (C=O) groups excluding carboxylic acids is 1. The Morgan fingerprint density at radius 2 is 1.81 bits per heavy atom. The second-order valence-corrected chi connectivity index (χ2v) is 5.46. The number of halogens is 1. The van der Waals surface area contributed by atoms with E-state index in [2.05, 4.69) is 5.32 Å². The van der Waals surface area contributed by atoms with Crippen molar-refractivity contribution in [1.82, 2.24) is 0 Å². The molecule has 0 aliphatic heterocycles. The second-order valence-electron chi connectivity index (χ2n) is 5.02. The molecule has 0 bridgehead atoms. The van der Waals surface area contributed by atoms with Crippen LogP contribution in [0.1, 0.15) is 18.1 Å². The molecule has 21 heavy (non-hydrogen) atoms. The van der Waals surface area contributed by atoms with Crippen molar-refractivity contribution >= 4 is 23.2 Å². The molecule has 0 aromatic heterocycles. The topological polar surface area (TPSA) is 38.3 Å². The summed E-state index contributed by atoms with van der Waals surface area (Å²) in [4.78, 5) is 12.2. The summed E-state index contributed by atoms with van der Waals surface area (Å²) in [5, 5.41) is 3.42. The van der Waals surface area contributed by atoms with Crippen LogP contribution in [-0.2, 0) is 4.79 Å². The molecule has 0 aliphatic rings. The van der Waals surface area contributed by atoms with Crippen LogP contribution in [0, 0.1) is 13.8 Å². The Balaban J connectivity index is 2.02. The van der Waals surface area contributed by atoms with Gasteiger partial charge < -0.3 is 10.1 Å². The lowest BCUT2D eigenvalue weighted by molar-refractivity contribution is -0.122. The number of nitrogens with one attached hydrogen (secondary N) is 1. The quantitative estimate of drug-likeness (QED) is 0.911. The molecule has 2 rings (SSSR count). The highest BCUT2D eigenvalue weighted by Gasteiger charge is 2.15. The molecule has 2 aromatic carbocycles. The number of ether oxygens (including phenoxy) is 1. The second kappa shape index (κ2) is 6.64. The molecule has 4 heteroatoms. The third-order valence-corrected chi connectivity index (χ3v) is 3.40. The summed E-state index contributed by atoms with van der Waals surface area (Å²) >= 11 is 5.94. The first kappa shape index (κ1) is 15.4. The van der Waals surface area contributed by atoms with Gasteiger partial charge in [0.25, 0.3) is 5.91 Å². The average Bonchev–Trinajstić information content (AvgIpc) is 2.45. The van der Waals surface area contributed by atoms with Crippen molar-refractivity contribution in [3.63, 3.8) is 0 Å². The lowest BCUT2D eigenvalue weighted by Gasteiger charge is -2.16. The molecule has 0 radical (unpaired) electrons. The van der Waals surface area contributed by atoms with Crippen molar-refractivity contribution < 1.29 is 9.53 Å². The number of rotatable bonds is 4. The van der Waals surface area contributed by atoms with Crippen molar-refractivity contribution in [3.05, 3.63) is 58.6 Å². The predicted octanol–water partition coefficient (Wildman–Crippen LogP) is 4.36. The monoisotopic (exact) mass is 303 g/mol. The van der Waals surface area contributed by atoms with Gasteiger partial charge in [-0.05, 0) is 50.6 Å². The van der Waals surface area contributed by atoms with Gasteiger partial charge >= 0.3 is 0 Å². The van der Waals surface area contributed by atoms with Crippen LogP contribution in [0.2, 0.25) is 5.02 Å². The number of carbonyl (C=O) groups is 1. The van der Waals surface area contributed by atoms with Crippen molar-refractivity contribution in [2.45, 2.75) is 26.9 Å². The molecule has 1 amide bonds. The predicted molar refractivity (Wildman–Crippen MR) is 86.1 cm³/mol. The zero-order chi connectivity index (χ0) is 15.4. The molecule has 1 atom stereocenters. The SMILES string of the molecule is Cc1ccc(O[C@H](C)C(=O)Nc2cc(Cl)ccc2C)cc1. The summed E-state index contributed by atoms with van der Waals surface area (Å²) in [7, 11) is 0. The summed E-state index contributed by atoms with van der Waals surface area (Å²) in [5.74, 6) is 0.465. The first-order chi connectivity index (χ1) is 9.95. The minimum absolute atomic E-state index is 0.207. The number of anilines is 1. The molecular weight excluding hydrogens is 286 g/mol. The molecule has 0 fully saturated rings. The third-order valence-electron chi connectivity index (χ3n) is 3.16. The fourth-order valence-corrected chi connectivity index (χ4v) is 2.01. The molecule has 1 N–H and O–H groups in total. The largest absolute Gasteiger partial charge is 0.481 e. The standard InChI is InChI=1S/C17H18ClNO2/c1-11-4-8-15(9-5-11)21-13(3)17(20)19-16-10-14(18)7-6-12(16)2/h4-10,13H,1-3H3,(H,19,20)/t13-/m1/s1. The van der Waals surface area contributed by atoms with Gasteiger partial charge in [-0.15, -0.1) is 0 Å². The average molecular weight is 304 g/mol. The molecule has 0 unspecified atom stereocenters. The first-order valence-electron chi connectivity index (χ1n) is 6.76. The van der Waals surface area contributed by atoms with Crippen LogP contribution in [0.25, 0.3) is 0 Å². The van der Waals surface area contributed by atoms with Gasteiger partial charge in [0.05, 0.1) is 0 Å². The zero-order valence-corrected chi connectivity index (χ0v) is 13.1. The Bertz CT molecular complexity index is 638. The Morgan fingerprint density at radius 3 is 2.48 bits per heavy atom. The lowest BCUT2D eigenvalue weighted by atomic mass is 10.2. The molecule has 0 aliphatic carbocycles. The third kappa shape index (κ3) is 4.23. The normalized spacial score (nSPS) is 11.8. The minimum atomic E-state index is -0.592. The van der Waals surface area contributed by atoms with Crippen LogP contribution in [0.5, 0.6) is 5.75 Å². The van der Waals surface area contributed by atoms with E-state index in [4.69, 9.17) is 16.3 Å². The van der Waals surface area contributed by atoms with E-state index in [-0.39, 0.29) is 5.91 Å². The van der Waals surface area contributed by atoms with Gasteiger partial charge in [0.1, 0.15) is 5.75 Å². The van der Waals surface area contributed by atoms with E-state index >= 15 is 0 Å². The first-order valence-corrected chi connectivity index (χ1v) is 7.14. The summed E-state index contributed by atoms with van der Waals surface area (Å²) in [5.41, 5.74) is 2.80. The highest BCUT2D eigenvalue weighted by atomic mass is 35.5. The Hall–Kier alpha value is -2.00. The summed E-state index contributed by atoms with van der Waals surface area (Å²) in [6, 6.07) is 13.0. The molecule has 0 heterocycles. The van der Waals surface area contributed by atoms with E-state index in [0.29, 0.717) is 16.5 Å². The van der Waals surface area contributed by atoms with Crippen LogP contribution < -0.4 is 10.1 Å². The fraction of sp³-hybridized carbons (Fsp3) is 0.235. The van der Waals surface area contributed by atoms with E-state index in [0.717, 1.165) is 11.1 Å². The van der Waals surface area contributed by atoms with Gasteiger partial charge in [-0.25, -0.2) is 0 Å². The summed E-state index contributed by atoms with van der Waals surface area (Å²) < 4.78 is 5.63. The van der Waals surface area contributed by atoms with E-state index < -0.39 is 6.10 Å². The number of hydrogen-bond acceptors (Lipinski definition) is 2. The van der Waals surface area contributed by atoms with Gasteiger partial charge in [0.15, 0.2) is 6.10 Å². The van der Waals surface area contributed by atoms with Crippen molar-refractivity contribution in [3.8, 4) is 5.75 Å². The molecule has 0 saturated carbocycles. The van der Waals surface area contributed by atoms with Gasteiger partial charge in [0, 0.05) is 10.7 Å². The Kier molecular flexibility index (Phi) is 4.86. The molecule has 0 saturated heterocycles. The Labute approximate surface area is 129 Å². The molecule has 110 valence electrons. The maximum atomic E-state index is 12.2. The van der Waals surface area contributed by atoms with Crippen LogP contribution in [0.15, 0.2) is 42.5 Å². The maximum absolute atomic E-state index is 12.2. The van der Waals surface area contributed by atoms with Gasteiger partial charge in [-0.1, -0.05) is 35.4 Å². The fourth-order valence-electron chi connectivity index (χ4n) is 1.84. The number of benzene rings is 2. The van der Waals surface area contributed by atoms with E-state index in [1.54, 1.807) is 19.1 Å². The number of hydrogen-bond donors (Lipinski definition) is 1. The van der Waals surface area contributed by atoms with Crippen molar-refractivity contribution in [1.29, 1.82) is 0 Å². The van der Waals surface area contributed by atoms with Gasteiger partial charge in [-0.2, -0.15) is 0 Å². The number of aryl methyl sites for hydroxylation is 2. The van der Waals surface area contributed by atoms with E-state index in [9.17, 15) is 4.79 Å². The van der Waals surface area contributed by atoms with Crippen LogP contribution >= 0.6 is 11.6 Å². The van der Waals surface area contributed by atoms with Crippen molar-refractivity contribution in [2.24, 2.45) is 0 Å². The maximum Gasteiger partial charge on any atom is 0.265 e. The van der Waals surface area contributed by atoms with Crippen LogP contribution in [-0.4, -0.2) is 12.0 Å². The Morgan fingerprint density at radius 1 is 1.14 bits per heavy atom. The molecule has 3 nitrogen and oxygen atoms in total. The highest BCUT2D eigenvalue weighted by Crippen LogP contribution is 2.21. The molecular formula is C17H18ClNO2.